The molecule has 0 aliphatic rings. The van der Waals surface area contributed by atoms with E-state index in [1.54, 1.807) is 24.3 Å². The number of amides is 1. The van der Waals surface area contributed by atoms with E-state index in [2.05, 4.69) is 10.3 Å². The molecule has 0 unspecified atom stereocenters. The average molecular weight is 423 g/mol. The van der Waals surface area contributed by atoms with Crippen LogP contribution in [0.3, 0.4) is 0 Å². The minimum atomic E-state index is -0.227. The van der Waals surface area contributed by atoms with E-state index < -0.39 is 0 Å². The lowest BCUT2D eigenvalue weighted by molar-refractivity contribution is 0.102. The number of anilines is 1. The van der Waals surface area contributed by atoms with Gasteiger partial charge in [-0.1, -0.05) is 12.1 Å². The maximum Gasteiger partial charge on any atom is 0.257 e. The number of nitrogens with zero attached hydrogens (tertiary/aromatic N) is 1. The topological polar surface area (TPSA) is 73.6 Å². The van der Waals surface area contributed by atoms with Gasteiger partial charge in [0.1, 0.15) is 11.4 Å². The molecule has 1 amide bonds. The van der Waals surface area contributed by atoms with Crippen LogP contribution in [0.4, 0.5) is 5.13 Å². The van der Waals surface area contributed by atoms with Gasteiger partial charge in [-0.05, 0) is 57.2 Å². The lowest BCUT2D eigenvalue weighted by Crippen LogP contribution is -2.12. The van der Waals surface area contributed by atoms with E-state index in [4.69, 9.17) is 13.9 Å². The number of hydrogen-bond acceptors (Lipinski definition) is 6. The smallest absolute Gasteiger partial charge is 0.257 e. The summed E-state index contributed by atoms with van der Waals surface area (Å²) in [5, 5.41) is 6.14. The fourth-order valence-electron chi connectivity index (χ4n) is 3.00. The van der Waals surface area contributed by atoms with Gasteiger partial charge in [-0.2, -0.15) is 0 Å². The third kappa shape index (κ3) is 4.31. The van der Waals surface area contributed by atoms with Crippen molar-refractivity contribution < 1.29 is 18.7 Å². The summed E-state index contributed by atoms with van der Waals surface area (Å²) in [7, 11) is 0. The van der Waals surface area contributed by atoms with Crippen molar-refractivity contribution in [2.45, 2.75) is 26.9 Å². The molecule has 0 aliphatic carbocycles. The highest BCUT2D eigenvalue weighted by Gasteiger charge is 2.15. The van der Waals surface area contributed by atoms with Gasteiger partial charge in [0.05, 0.1) is 12.7 Å². The molecule has 4 aromatic rings. The number of carbonyl (C=O) groups is 1. The summed E-state index contributed by atoms with van der Waals surface area (Å²) in [5.74, 6) is 1.84. The van der Waals surface area contributed by atoms with Gasteiger partial charge < -0.3 is 13.9 Å². The molecule has 0 saturated carbocycles. The summed E-state index contributed by atoms with van der Waals surface area (Å²) < 4.78 is 17.2. The molecule has 2 aromatic heterocycles. The van der Waals surface area contributed by atoms with E-state index in [9.17, 15) is 4.79 Å². The molecule has 2 aromatic carbocycles. The van der Waals surface area contributed by atoms with E-state index in [0.29, 0.717) is 40.1 Å². The van der Waals surface area contributed by atoms with Gasteiger partial charge >= 0.3 is 0 Å². The van der Waals surface area contributed by atoms with Crippen LogP contribution in [-0.4, -0.2) is 23.6 Å². The zero-order valence-corrected chi connectivity index (χ0v) is 17.8. The standard InChI is InChI=1S/C23H22N2O4S/c1-4-27-19-7-5-6-16-12-20(29-21(16)19)18-13-30-23(24-18)25-22(26)15-8-10-17(11-9-15)28-14(2)3/h5-14H,4H2,1-3H3,(H,24,25,26). The fourth-order valence-corrected chi connectivity index (χ4v) is 3.70. The van der Waals surface area contributed by atoms with Crippen molar-refractivity contribution in [2.75, 3.05) is 11.9 Å². The molecular formula is C23H22N2O4S. The van der Waals surface area contributed by atoms with Gasteiger partial charge in [-0.15, -0.1) is 11.3 Å². The van der Waals surface area contributed by atoms with E-state index in [0.717, 1.165) is 11.1 Å². The van der Waals surface area contributed by atoms with Crippen LogP contribution in [0.2, 0.25) is 0 Å². The summed E-state index contributed by atoms with van der Waals surface area (Å²) in [6.07, 6.45) is 0.0845. The Balaban J connectivity index is 1.49. The number of fused-ring (bicyclic) bond motifs is 1. The van der Waals surface area contributed by atoms with Crippen LogP contribution in [0, 0.1) is 0 Å². The first-order valence-electron chi connectivity index (χ1n) is 9.73. The summed E-state index contributed by atoms with van der Waals surface area (Å²) in [6.45, 7) is 6.41. The quantitative estimate of drug-likeness (QED) is 0.396. The normalized spacial score (nSPS) is 11.1. The highest BCUT2D eigenvalue weighted by molar-refractivity contribution is 7.14. The molecule has 0 fully saturated rings. The zero-order chi connectivity index (χ0) is 21.1. The molecule has 4 rings (SSSR count). The van der Waals surface area contributed by atoms with E-state index in [1.807, 2.05) is 50.4 Å². The van der Waals surface area contributed by atoms with Crippen LogP contribution in [-0.2, 0) is 0 Å². The minimum absolute atomic E-state index is 0.0845. The third-order valence-electron chi connectivity index (χ3n) is 4.27. The molecular weight excluding hydrogens is 400 g/mol. The van der Waals surface area contributed by atoms with Crippen molar-refractivity contribution in [3.8, 4) is 23.0 Å². The fraction of sp³-hybridized carbons (Fsp3) is 0.217. The molecule has 0 radical (unpaired) electrons. The Bertz CT molecular complexity index is 1160. The van der Waals surface area contributed by atoms with Crippen LogP contribution >= 0.6 is 11.3 Å². The van der Waals surface area contributed by atoms with Crippen molar-refractivity contribution in [1.29, 1.82) is 0 Å². The predicted octanol–water partition coefficient (Wildman–Crippen LogP) is 5.99. The number of nitrogens with one attached hydrogen (secondary N) is 1. The van der Waals surface area contributed by atoms with E-state index >= 15 is 0 Å². The van der Waals surface area contributed by atoms with Gasteiger partial charge in [-0.3, -0.25) is 10.1 Å². The molecule has 0 aliphatic heterocycles. The van der Waals surface area contributed by atoms with E-state index in [1.165, 1.54) is 11.3 Å². The maximum absolute atomic E-state index is 12.5. The Kier molecular flexibility index (Phi) is 5.72. The van der Waals surface area contributed by atoms with Crippen molar-refractivity contribution >= 4 is 33.3 Å². The number of hydrogen-bond donors (Lipinski definition) is 1. The first-order chi connectivity index (χ1) is 14.5. The van der Waals surface area contributed by atoms with Gasteiger partial charge in [0.25, 0.3) is 5.91 Å². The third-order valence-corrected chi connectivity index (χ3v) is 5.03. The van der Waals surface area contributed by atoms with Crippen LogP contribution in [0.15, 0.2) is 58.3 Å². The van der Waals surface area contributed by atoms with Gasteiger partial charge in [-0.25, -0.2) is 4.98 Å². The van der Waals surface area contributed by atoms with Crippen LogP contribution in [0.1, 0.15) is 31.1 Å². The van der Waals surface area contributed by atoms with Gasteiger partial charge in [0.15, 0.2) is 22.2 Å². The molecule has 0 spiro atoms. The highest BCUT2D eigenvalue weighted by Crippen LogP contribution is 2.34. The summed E-state index contributed by atoms with van der Waals surface area (Å²) in [4.78, 5) is 17.0. The van der Waals surface area contributed by atoms with Crippen molar-refractivity contribution in [3.05, 3.63) is 59.5 Å². The van der Waals surface area contributed by atoms with Crippen LogP contribution < -0.4 is 14.8 Å². The van der Waals surface area contributed by atoms with Gasteiger partial charge in [0, 0.05) is 16.3 Å². The van der Waals surface area contributed by atoms with Crippen molar-refractivity contribution in [3.63, 3.8) is 0 Å². The number of thiazole rings is 1. The summed E-state index contributed by atoms with van der Waals surface area (Å²) >= 11 is 1.34. The van der Waals surface area contributed by atoms with Crippen molar-refractivity contribution in [2.24, 2.45) is 0 Å². The number of furan rings is 1. The minimum Gasteiger partial charge on any atom is -0.491 e. The Morgan fingerprint density at radius 1 is 1.20 bits per heavy atom. The van der Waals surface area contributed by atoms with Crippen molar-refractivity contribution in [1.82, 2.24) is 4.98 Å². The lowest BCUT2D eigenvalue weighted by atomic mass is 10.2. The Morgan fingerprint density at radius 2 is 2.00 bits per heavy atom. The van der Waals surface area contributed by atoms with Gasteiger partial charge in [0.2, 0.25) is 0 Å². The monoisotopic (exact) mass is 422 g/mol. The average Bonchev–Trinajstić information content (AvgIpc) is 3.35. The van der Waals surface area contributed by atoms with E-state index in [-0.39, 0.29) is 12.0 Å². The molecule has 2 heterocycles. The SMILES string of the molecule is CCOc1cccc2cc(-c3csc(NC(=O)c4ccc(OC(C)C)cc4)n3)oc12. The molecule has 6 nitrogen and oxygen atoms in total. The Hall–Kier alpha value is -3.32. The molecule has 0 bridgehead atoms. The molecule has 1 N–H and O–H groups in total. The molecule has 0 atom stereocenters. The van der Waals surface area contributed by atoms with Crippen LogP contribution in [0.25, 0.3) is 22.4 Å². The number of carbonyl (C=O) groups excluding carboxylic acids is 1. The Labute approximate surface area is 178 Å². The predicted molar refractivity (Wildman–Crippen MR) is 119 cm³/mol. The number of rotatable bonds is 7. The first-order valence-corrected chi connectivity index (χ1v) is 10.6. The number of benzene rings is 2. The first kappa shape index (κ1) is 20.0. The molecule has 0 saturated heterocycles. The summed E-state index contributed by atoms with van der Waals surface area (Å²) in [6, 6.07) is 14.7. The van der Waals surface area contributed by atoms with Crippen LogP contribution in [0.5, 0.6) is 11.5 Å². The second-order valence-electron chi connectivity index (χ2n) is 6.90. The molecule has 7 heteroatoms. The molecule has 30 heavy (non-hydrogen) atoms. The Morgan fingerprint density at radius 3 is 2.73 bits per heavy atom. The second kappa shape index (κ2) is 8.59. The zero-order valence-electron chi connectivity index (χ0n) is 17.0. The second-order valence-corrected chi connectivity index (χ2v) is 7.76. The number of ether oxygens (including phenoxy) is 2. The summed E-state index contributed by atoms with van der Waals surface area (Å²) in [5.41, 5.74) is 1.89. The maximum atomic E-state index is 12.5. The number of aromatic nitrogens is 1. The highest BCUT2D eigenvalue weighted by atomic mass is 32.1. The lowest BCUT2D eigenvalue weighted by Gasteiger charge is -2.09. The largest absolute Gasteiger partial charge is 0.491 e. The number of para-hydroxylation sites is 1. The molecule has 154 valence electrons.